The maximum atomic E-state index is 11.2. The summed E-state index contributed by atoms with van der Waals surface area (Å²) in [6, 6.07) is 7.30. The third kappa shape index (κ3) is 2.95. The fourth-order valence-corrected chi connectivity index (χ4v) is 1.41. The maximum Gasteiger partial charge on any atom is 0.249 e. The zero-order valence-corrected chi connectivity index (χ0v) is 9.31. The van der Waals surface area contributed by atoms with Gasteiger partial charge in [0.1, 0.15) is 0 Å². The fourth-order valence-electron chi connectivity index (χ4n) is 1.41. The van der Waals surface area contributed by atoms with Crippen molar-refractivity contribution in [3.63, 3.8) is 0 Å². The molecule has 1 amide bonds. The van der Waals surface area contributed by atoms with Crippen LogP contribution in [0.25, 0.3) is 5.57 Å². The van der Waals surface area contributed by atoms with Crippen molar-refractivity contribution in [3.05, 3.63) is 66.3 Å². The Kier molecular flexibility index (Phi) is 4.28. The van der Waals surface area contributed by atoms with Gasteiger partial charge in [0.25, 0.3) is 0 Å². The molecule has 0 atom stereocenters. The number of allylic oxidation sites excluding steroid dienone is 5. The Morgan fingerprint density at radius 3 is 2.44 bits per heavy atom. The Bertz CT molecular complexity index is 456. The Balaban J connectivity index is 3.12. The quantitative estimate of drug-likeness (QED) is 0.768. The number of hydrogen-bond acceptors (Lipinski definition) is 1. The third-order valence-corrected chi connectivity index (χ3v) is 2.21. The SMILES string of the molecule is C=C/C=C\C=C(/C)c1ccccc1C(N)=O. The van der Waals surface area contributed by atoms with Gasteiger partial charge >= 0.3 is 0 Å². The summed E-state index contributed by atoms with van der Waals surface area (Å²) in [6.07, 6.45) is 7.32. The summed E-state index contributed by atoms with van der Waals surface area (Å²) < 4.78 is 0. The van der Waals surface area contributed by atoms with Crippen LogP contribution in [0.3, 0.4) is 0 Å². The van der Waals surface area contributed by atoms with Crippen LogP contribution in [0.15, 0.2) is 55.1 Å². The van der Waals surface area contributed by atoms with Crippen LogP contribution in [0.1, 0.15) is 22.8 Å². The Morgan fingerprint density at radius 2 is 1.88 bits per heavy atom. The maximum absolute atomic E-state index is 11.2. The second-order valence-electron chi connectivity index (χ2n) is 3.38. The predicted molar refractivity (Wildman–Crippen MR) is 67.9 cm³/mol. The third-order valence-electron chi connectivity index (χ3n) is 2.21. The topological polar surface area (TPSA) is 43.1 Å². The molecule has 0 spiro atoms. The molecule has 2 heteroatoms. The molecule has 1 aromatic carbocycles. The lowest BCUT2D eigenvalue weighted by Gasteiger charge is -2.05. The molecule has 0 heterocycles. The van der Waals surface area contributed by atoms with Crippen LogP contribution in [-0.4, -0.2) is 5.91 Å². The van der Waals surface area contributed by atoms with E-state index in [1.165, 1.54) is 0 Å². The minimum atomic E-state index is -0.406. The molecule has 1 aromatic rings. The van der Waals surface area contributed by atoms with Crippen LogP contribution in [0.5, 0.6) is 0 Å². The number of carbonyl (C=O) groups is 1. The van der Waals surface area contributed by atoms with Crippen LogP contribution in [-0.2, 0) is 0 Å². The van der Waals surface area contributed by atoms with E-state index >= 15 is 0 Å². The lowest BCUT2D eigenvalue weighted by atomic mass is 10.00. The number of amides is 1. The second-order valence-corrected chi connectivity index (χ2v) is 3.38. The van der Waals surface area contributed by atoms with Crippen LogP contribution in [0, 0.1) is 0 Å². The van der Waals surface area contributed by atoms with Crippen molar-refractivity contribution in [2.75, 3.05) is 0 Å². The Labute approximate surface area is 95.8 Å². The second kappa shape index (κ2) is 5.71. The van der Waals surface area contributed by atoms with Crippen LogP contribution >= 0.6 is 0 Å². The van der Waals surface area contributed by atoms with Gasteiger partial charge in [0.05, 0.1) is 0 Å². The van der Waals surface area contributed by atoms with Gasteiger partial charge in [-0.2, -0.15) is 0 Å². The highest BCUT2D eigenvalue weighted by Gasteiger charge is 2.07. The molecular formula is C14H15NO. The van der Waals surface area contributed by atoms with Gasteiger partial charge in [-0.3, -0.25) is 4.79 Å². The van der Waals surface area contributed by atoms with Crippen molar-refractivity contribution in [1.29, 1.82) is 0 Å². The van der Waals surface area contributed by atoms with Crippen molar-refractivity contribution in [3.8, 4) is 0 Å². The molecule has 0 saturated heterocycles. The highest BCUT2D eigenvalue weighted by Crippen LogP contribution is 2.18. The predicted octanol–water partition coefficient (Wildman–Crippen LogP) is 2.93. The molecule has 0 aliphatic carbocycles. The average molecular weight is 213 g/mol. The minimum absolute atomic E-state index is 0.406. The van der Waals surface area contributed by atoms with E-state index in [0.29, 0.717) is 5.56 Å². The van der Waals surface area contributed by atoms with Crippen LogP contribution in [0.4, 0.5) is 0 Å². The fraction of sp³-hybridized carbons (Fsp3) is 0.0714. The summed E-state index contributed by atoms with van der Waals surface area (Å²) in [6.45, 7) is 5.53. The standard InChI is InChI=1S/C14H15NO/c1-3-4-5-8-11(2)12-9-6-7-10-13(12)14(15)16/h3-10H,1H2,2H3,(H2,15,16)/b5-4-,11-8+. The Morgan fingerprint density at radius 1 is 1.25 bits per heavy atom. The summed E-state index contributed by atoms with van der Waals surface area (Å²) in [5, 5.41) is 0. The molecule has 16 heavy (non-hydrogen) atoms. The summed E-state index contributed by atoms with van der Waals surface area (Å²) in [7, 11) is 0. The number of primary amides is 1. The van der Waals surface area contributed by atoms with Gasteiger partial charge in [-0.25, -0.2) is 0 Å². The first-order valence-electron chi connectivity index (χ1n) is 5.02. The van der Waals surface area contributed by atoms with Crippen molar-refractivity contribution < 1.29 is 4.79 Å². The number of hydrogen-bond donors (Lipinski definition) is 1. The van der Waals surface area contributed by atoms with E-state index in [2.05, 4.69) is 6.58 Å². The highest BCUT2D eigenvalue weighted by atomic mass is 16.1. The zero-order valence-electron chi connectivity index (χ0n) is 9.31. The number of benzene rings is 1. The van der Waals surface area contributed by atoms with Gasteiger partial charge in [-0.15, -0.1) is 0 Å². The molecule has 2 N–H and O–H groups in total. The van der Waals surface area contributed by atoms with Gasteiger partial charge in [0.15, 0.2) is 0 Å². The summed E-state index contributed by atoms with van der Waals surface area (Å²) in [4.78, 5) is 11.2. The summed E-state index contributed by atoms with van der Waals surface area (Å²) in [5.41, 5.74) is 7.71. The molecule has 0 saturated carbocycles. The van der Waals surface area contributed by atoms with E-state index in [0.717, 1.165) is 11.1 Å². The molecule has 2 nitrogen and oxygen atoms in total. The van der Waals surface area contributed by atoms with Gasteiger partial charge in [-0.05, 0) is 24.1 Å². The molecule has 82 valence electrons. The van der Waals surface area contributed by atoms with Crippen molar-refractivity contribution in [2.24, 2.45) is 5.73 Å². The molecule has 0 aliphatic rings. The first kappa shape index (κ1) is 12.0. The lowest BCUT2D eigenvalue weighted by molar-refractivity contribution is 0.1000. The van der Waals surface area contributed by atoms with Crippen molar-refractivity contribution in [2.45, 2.75) is 6.92 Å². The smallest absolute Gasteiger partial charge is 0.249 e. The zero-order chi connectivity index (χ0) is 12.0. The van der Waals surface area contributed by atoms with E-state index in [4.69, 9.17) is 5.73 Å². The molecule has 0 aromatic heterocycles. The van der Waals surface area contributed by atoms with Crippen LogP contribution in [0.2, 0.25) is 0 Å². The molecule has 0 aliphatic heterocycles. The first-order valence-corrected chi connectivity index (χ1v) is 5.02. The first-order chi connectivity index (χ1) is 7.66. The molecule has 1 rings (SSSR count). The van der Waals surface area contributed by atoms with E-state index in [-0.39, 0.29) is 0 Å². The van der Waals surface area contributed by atoms with Crippen LogP contribution < -0.4 is 5.73 Å². The lowest BCUT2D eigenvalue weighted by Crippen LogP contribution is -2.12. The average Bonchev–Trinajstić information content (AvgIpc) is 2.29. The van der Waals surface area contributed by atoms with E-state index in [9.17, 15) is 4.79 Å². The number of rotatable bonds is 4. The normalized spacial score (nSPS) is 11.7. The van der Waals surface area contributed by atoms with Crippen molar-refractivity contribution in [1.82, 2.24) is 0 Å². The van der Waals surface area contributed by atoms with E-state index < -0.39 is 5.91 Å². The molecular weight excluding hydrogens is 198 g/mol. The highest BCUT2D eigenvalue weighted by molar-refractivity contribution is 5.98. The largest absolute Gasteiger partial charge is 0.366 e. The van der Waals surface area contributed by atoms with E-state index in [1.807, 2.05) is 37.3 Å². The van der Waals surface area contributed by atoms with Gasteiger partial charge in [0.2, 0.25) is 5.91 Å². The summed E-state index contributed by atoms with van der Waals surface area (Å²) in [5.74, 6) is -0.406. The minimum Gasteiger partial charge on any atom is -0.366 e. The number of nitrogens with two attached hydrogens (primary N) is 1. The molecule has 0 radical (unpaired) electrons. The van der Waals surface area contributed by atoms with Crippen molar-refractivity contribution >= 4 is 11.5 Å². The van der Waals surface area contributed by atoms with E-state index in [1.54, 1.807) is 18.2 Å². The monoisotopic (exact) mass is 213 g/mol. The van der Waals surface area contributed by atoms with Gasteiger partial charge in [-0.1, -0.05) is 49.1 Å². The number of carbonyl (C=O) groups excluding carboxylic acids is 1. The van der Waals surface area contributed by atoms with Gasteiger partial charge < -0.3 is 5.73 Å². The Hall–Kier alpha value is -2.09. The molecule has 0 unspecified atom stereocenters. The summed E-state index contributed by atoms with van der Waals surface area (Å²) >= 11 is 0. The molecule has 0 fully saturated rings. The van der Waals surface area contributed by atoms with Gasteiger partial charge in [0, 0.05) is 5.56 Å². The molecule has 0 bridgehead atoms.